The number of anilines is 2. The van der Waals surface area contributed by atoms with Gasteiger partial charge in [0.15, 0.2) is 5.82 Å². The monoisotopic (exact) mass is 311 g/mol. The van der Waals surface area contributed by atoms with E-state index in [1.807, 2.05) is 43.3 Å². The Balaban J connectivity index is 1.86. The number of aromatic nitrogens is 2. The fourth-order valence-electron chi connectivity index (χ4n) is 2.13. The normalized spacial score (nSPS) is 10.5. The van der Waals surface area contributed by atoms with Crippen LogP contribution in [0.1, 0.15) is 16.1 Å². The fourth-order valence-corrected chi connectivity index (χ4v) is 2.25. The Kier molecular flexibility index (Phi) is 3.94. The van der Waals surface area contributed by atoms with E-state index in [0.29, 0.717) is 16.4 Å². The summed E-state index contributed by atoms with van der Waals surface area (Å²) in [5.74, 6) is 0.446. The standard InChI is InChI=1S/C17H14ClN3O/c1-12-11-16(19-15-5-3-2-4-6-15)20-21(12)17(22)13-7-9-14(18)10-8-13/h2-11H,1H3,(H,19,20). The van der Waals surface area contributed by atoms with Gasteiger partial charge in [-0.1, -0.05) is 29.8 Å². The summed E-state index contributed by atoms with van der Waals surface area (Å²) in [6.07, 6.45) is 0. The van der Waals surface area contributed by atoms with Crippen LogP contribution >= 0.6 is 11.6 Å². The van der Waals surface area contributed by atoms with Crippen LogP contribution in [0.5, 0.6) is 0 Å². The van der Waals surface area contributed by atoms with Crippen LogP contribution in [0.3, 0.4) is 0 Å². The summed E-state index contributed by atoms with van der Waals surface area (Å²) in [6.45, 7) is 1.84. The van der Waals surface area contributed by atoms with Gasteiger partial charge in [-0.05, 0) is 43.3 Å². The van der Waals surface area contributed by atoms with Crippen molar-refractivity contribution in [1.29, 1.82) is 0 Å². The Hall–Kier alpha value is -2.59. The molecule has 0 atom stereocenters. The number of nitrogens with zero attached hydrogens (tertiary/aromatic N) is 2. The number of para-hydroxylation sites is 1. The maximum atomic E-state index is 12.5. The van der Waals surface area contributed by atoms with E-state index < -0.39 is 0 Å². The quantitative estimate of drug-likeness (QED) is 0.785. The molecule has 0 radical (unpaired) electrons. The third-order valence-corrected chi connectivity index (χ3v) is 3.47. The number of halogens is 1. The van der Waals surface area contributed by atoms with Crippen LogP contribution in [0.4, 0.5) is 11.5 Å². The number of nitrogens with one attached hydrogen (secondary N) is 1. The van der Waals surface area contributed by atoms with Crippen LogP contribution in [0.25, 0.3) is 0 Å². The van der Waals surface area contributed by atoms with Crippen LogP contribution < -0.4 is 5.32 Å². The Morgan fingerprint density at radius 1 is 1.09 bits per heavy atom. The third-order valence-electron chi connectivity index (χ3n) is 3.22. The first kappa shape index (κ1) is 14.4. The summed E-state index contributed by atoms with van der Waals surface area (Å²) in [6, 6.07) is 18.3. The molecule has 0 aliphatic heterocycles. The van der Waals surface area contributed by atoms with E-state index in [-0.39, 0.29) is 5.91 Å². The topological polar surface area (TPSA) is 46.9 Å². The minimum atomic E-state index is -0.185. The van der Waals surface area contributed by atoms with Crippen molar-refractivity contribution in [2.45, 2.75) is 6.92 Å². The van der Waals surface area contributed by atoms with E-state index in [9.17, 15) is 4.79 Å². The highest BCUT2D eigenvalue weighted by Crippen LogP contribution is 2.17. The number of hydrogen-bond acceptors (Lipinski definition) is 3. The van der Waals surface area contributed by atoms with Gasteiger partial charge in [-0.25, -0.2) is 0 Å². The maximum absolute atomic E-state index is 12.5. The van der Waals surface area contributed by atoms with Crippen molar-refractivity contribution in [2.75, 3.05) is 5.32 Å². The highest BCUT2D eigenvalue weighted by molar-refractivity contribution is 6.30. The molecule has 0 aliphatic rings. The smallest absolute Gasteiger partial charge is 0.278 e. The number of hydrogen-bond donors (Lipinski definition) is 1. The van der Waals surface area contributed by atoms with Gasteiger partial charge in [0.05, 0.1) is 0 Å². The zero-order valence-corrected chi connectivity index (χ0v) is 12.7. The fraction of sp³-hybridized carbons (Fsp3) is 0.0588. The van der Waals surface area contributed by atoms with Gasteiger partial charge < -0.3 is 5.32 Å². The lowest BCUT2D eigenvalue weighted by Crippen LogP contribution is -2.15. The van der Waals surface area contributed by atoms with Crippen molar-refractivity contribution in [3.63, 3.8) is 0 Å². The Bertz CT molecular complexity index is 795. The Labute approximate surface area is 133 Å². The predicted octanol–water partition coefficient (Wildman–Crippen LogP) is 4.28. The summed E-state index contributed by atoms with van der Waals surface area (Å²) in [7, 11) is 0. The molecular weight excluding hydrogens is 298 g/mol. The SMILES string of the molecule is Cc1cc(Nc2ccccc2)nn1C(=O)c1ccc(Cl)cc1. The summed E-state index contributed by atoms with van der Waals surface area (Å²) < 4.78 is 1.38. The molecule has 0 fully saturated rings. The first-order chi connectivity index (χ1) is 10.6. The second-order valence-corrected chi connectivity index (χ2v) is 5.32. The third kappa shape index (κ3) is 3.02. The van der Waals surface area contributed by atoms with Crippen molar-refractivity contribution in [3.05, 3.63) is 76.9 Å². The van der Waals surface area contributed by atoms with E-state index >= 15 is 0 Å². The average Bonchev–Trinajstić information content (AvgIpc) is 2.89. The van der Waals surface area contributed by atoms with Gasteiger partial charge in [-0.2, -0.15) is 4.68 Å². The molecule has 0 saturated heterocycles. The molecule has 0 saturated carbocycles. The number of rotatable bonds is 3. The zero-order valence-electron chi connectivity index (χ0n) is 12.0. The Morgan fingerprint density at radius 2 is 1.77 bits per heavy atom. The highest BCUT2D eigenvalue weighted by Gasteiger charge is 2.13. The largest absolute Gasteiger partial charge is 0.339 e. The van der Waals surface area contributed by atoms with E-state index in [1.165, 1.54) is 4.68 Å². The lowest BCUT2D eigenvalue weighted by Gasteiger charge is -2.03. The lowest BCUT2D eigenvalue weighted by atomic mass is 10.2. The average molecular weight is 312 g/mol. The molecule has 2 aromatic carbocycles. The zero-order chi connectivity index (χ0) is 15.5. The molecule has 0 unspecified atom stereocenters. The molecule has 3 rings (SSSR count). The first-order valence-corrected chi connectivity index (χ1v) is 7.20. The summed E-state index contributed by atoms with van der Waals surface area (Å²) in [5, 5.41) is 8.10. The number of carbonyl (C=O) groups is 1. The van der Waals surface area contributed by atoms with Crippen molar-refractivity contribution >= 4 is 29.0 Å². The molecule has 1 aromatic heterocycles. The minimum absolute atomic E-state index is 0.185. The molecule has 22 heavy (non-hydrogen) atoms. The molecular formula is C17H14ClN3O. The number of carbonyl (C=O) groups excluding carboxylic acids is 1. The molecule has 1 heterocycles. The van der Waals surface area contributed by atoms with Crippen molar-refractivity contribution in [2.24, 2.45) is 0 Å². The van der Waals surface area contributed by atoms with Gasteiger partial charge in [0.2, 0.25) is 0 Å². The molecule has 3 aromatic rings. The molecule has 4 nitrogen and oxygen atoms in total. The second kappa shape index (κ2) is 6.03. The summed E-state index contributed by atoms with van der Waals surface area (Å²) >= 11 is 5.84. The second-order valence-electron chi connectivity index (χ2n) is 4.89. The molecule has 1 N–H and O–H groups in total. The van der Waals surface area contributed by atoms with Crippen LogP contribution in [0.15, 0.2) is 60.7 Å². The van der Waals surface area contributed by atoms with Gasteiger partial charge in [-0.3, -0.25) is 4.79 Å². The number of aryl methyl sites for hydroxylation is 1. The molecule has 0 aliphatic carbocycles. The van der Waals surface area contributed by atoms with Gasteiger partial charge in [0.25, 0.3) is 5.91 Å². The molecule has 0 amide bonds. The maximum Gasteiger partial charge on any atom is 0.278 e. The summed E-state index contributed by atoms with van der Waals surface area (Å²) in [5.41, 5.74) is 2.23. The van der Waals surface area contributed by atoms with Crippen molar-refractivity contribution < 1.29 is 4.79 Å². The molecule has 5 heteroatoms. The van der Waals surface area contributed by atoms with E-state index in [2.05, 4.69) is 10.4 Å². The summed E-state index contributed by atoms with van der Waals surface area (Å²) in [4.78, 5) is 12.5. The van der Waals surface area contributed by atoms with Crippen molar-refractivity contribution in [1.82, 2.24) is 9.78 Å². The van der Waals surface area contributed by atoms with Crippen LogP contribution in [0, 0.1) is 6.92 Å². The minimum Gasteiger partial charge on any atom is -0.339 e. The molecule has 0 spiro atoms. The lowest BCUT2D eigenvalue weighted by molar-refractivity contribution is 0.0943. The molecule has 0 bridgehead atoms. The highest BCUT2D eigenvalue weighted by atomic mass is 35.5. The van der Waals surface area contributed by atoms with E-state index in [1.54, 1.807) is 24.3 Å². The van der Waals surface area contributed by atoms with Crippen molar-refractivity contribution in [3.8, 4) is 0 Å². The number of benzene rings is 2. The van der Waals surface area contributed by atoms with Crippen LogP contribution in [-0.2, 0) is 0 Å². The van der Waals surface area contributed by atoms with E-state index in [4.69, 9.17) is 11.6 Å². The Morgan fingerprint density at radius 3 is 2.45 bits per heavy atom. The van der Waals surface area contributed by atoms with Crippen LogP contribution in [-0.4, -0.2) is 15.7 Å². The van der Waals surface area contributed by atoms with Gasteiger partial charge >= 0.3 is 0 Å². The van der Waals surface area contributed by atoms with Crippen LogP contribution in [0.2, 0.25) is 5.02 Å². The predicted molar refractivity (Wildman–Crippen MR) is 87.9 cm³/mol. The van der Waals surface area contributed by atoms with Gasteiger partial charge in [0, 0.05) is 28.0 Å². The van der Waals surface area contributed by atoms with Gasteiger partial charge in [-0.15, -0.1) is 5.10 Å². The van der Waals surface area contributed by atoms with Gasteiger partial charge in [0.1, 0.15) is 0 Å². The van der Waals surface area contributed by atoms with E-state index in [0.717, 1.165) is 11.4 Å². The molecule has 110 valence electrons. The first-order valence-electron chi connectivity index (χ1n) is 6.82.